The van der Waals surface area contributed by atoms with Crippen molar-refractivity contribution >= 4 is 22.4 Å². The number of nitrogens with one attached hydrogen (secondary N) is 1. The summed E-state index contributed by atoms with van der Waals surface area (Å²) >= 11 is 1.60. The summed E-state index contributed by atoms with van der Waals surface area (Å²) in [5.41, 5.74) is 2.33. The van der Waals surface area contributed by atoms with Crippen molar-refractivity contribution in [2.75, 3.05) is 25.5 Å². The van der Waals surface area contributed by atoms with Gasteiger partial charge in [-0.3, -0.25) is 4.79 Å². The number of anilines is 1. The predicted octanol–water partition coefficient (Wildman–Crippen LogP) is 3.63. The van der Waals surface area contributed by atoms with Gasteiger partial charge in [0, 0.05) is 30.8 Å². The largest absolute Gasteiger partial charge is 0.494 e. The van der Waals surface area contributed by atoms with Crippen LogP contribution < -0.4 is 10.1 Å². The molecule has 1 aliphatic rings. The van der Waals surface area contributed by atoms with E-state index < -0.39 is 0 Å². The second-order valence-corrected chi connectivity index (χ2v) is 7.63. The second kappa shape index (κ2) is 8.45. The average molecular weight is 359 g/mol. The van der Waals surface area contributed by atoms with E-state index in [0.717, 1.165) is 48.9 Å². The molecule has 1 aromatic heterocycles. The lowest BCUT2D eigenvalue weighted by molar-refractivity contribution is -0.116. The Hall–Kier alpha value is -1.92. The van der Waals surface area contributed by atoms with Crippen LogP contribution in [0.3, 0.4) is 0 Å². The molecule has 1 aromatic carbocycles. The number of rotatable bonds is 7. The molecule has 25 heavy (non-hydrogen) atoms. The van der Waals surface area contributed by atoms with Crippen LogP contribution >= 0.6 is 11.3 Å². The Morgan fingerprint density at radius 3 is 3.12 bits per heavy atom. The maximum Gasteiger partial charge on any atom is 0.226 e. The van der Waals surface area contributed by atoms with Gasteiger partial charge in [0.15, 0.2) is 5.13 Å². The monoisotopic (exact) mass is 359 g/mol. The maximum atomic E-state index is 12.1. The number of thiazole rings is 1. The number of benzene rings is 1. The molecule has 0 bridgehead atoms. The first-order valence-corrected chi connectivity index (χ1v) is 9.58. The smallest absolute Gasteiger partial charge is 0.226 e. The Bertz CT molecular complexity index is 729. The number of hydrogen-bond donors (Lipinski definition) is 1. The van der Waals surface area contributed by atoms with Crippen LogP contribution in [-0.2, 0) is 17.8 Å². The Morgan fingerprint density at radius 1 is 1.40 bits per heavy atom. The van der Waals surface area contributed by atoms with Crippen LogP contribution in [0.15, 0.2) is 24.3 Å². The molecule has 0 fully saturated rings. The Labute approximate surface area is 153 Å². The van der Waals surface area contributed by atoms with E-state index >= 15 is 0 Å². The third kappa shape index (κ3) is 5.28. The van der Waals surface area contributed by atoms with Gasteiger partial charge in [0.05, 0.1) is 12.3 Å². The van der Waals surface area contributed by atoms with Crippen molar-refractivity contribution < 1.29 is 9.53 Å². The number of fused-ring (bicyclic) bond motifs is 1. The van der Waals surface area contributed by atoms with Crippen LogP contribution in [0, 0.1) is 6.92 Å². The van der Waals surface area contributed by atoms with Crippen LogP contribution in [0.4, 0.5) is 5.13 Å². The summed E-state index contributed by atoms with van der Waals surface area (Å²) in [7, 11) is 2.11. The fourth-order valence-corrected chi connectivity index (χ4v) is 3.95. The summed E-state index contributed by atoms with van der Waals surface area (Å²) in [6.45, 7) is 4.64. The van der Waals surface area contributed by atoms with Crippen molar-refractivity contribution in [2.24, 2.45) is 0 Å². The molecule has 0 saturated carbocycles. The van der Waals surface area contributed by atoms with Gasteiger partial charge in [0.1, 0.15) is 5.75 Å². The first-order chi connectivity index (χ1) is 12.1. The first kappa shape index (κ1) is 17.9. The molecule has 3 rings (SSSR count). The average Bonchev–Trinajstić information content (AvgIpc) is 2.95. The highest BCUT2D eigenvalue weighted by Gasteiger charge is 2.18. The minimum atomic E-state index is 0.0370. The fourth-order valence-electron chi connectivity index (χ4n) is 2.84. The van der Waals surface area contributed by atoms with Gasteiger partial charge >= 0.3 is 0 Å². The zero-order valence-corrected chi connectivity index (χ0v) is 15.7. The van der Waals surface area contributed by atoms with Crippen LogP contribution in [0.25, 0.3) is 0 Å². The lowest BCUT2D eigenvalue weighted by Crippen LogP contribution is -2.25. The summed E-state index contributed by atoms with van der Waals surface area (Å²) in [4.78, 5) is 20.2. The molecular weight excluding hydrogens is 334 g/mol. The van der Waals surface area contributed by atoms with Gasteiger partial charge in [-0.25, -0.2) is 4.98 Å². The highest BCUT2D eigenvalue weighted by molar-refractivity contribution is 7.15. The second-order valence-electron chi connectivity index (χ2n) is 6.55. The number of aromatic nitrogens is 1. The zero-order chi connectivity index (χ0) is 17.6. The summed E-state index contributed by atoms with van der Waals surface area (Å²) in [5, 5.41) is 3.68. The number of carbonyl (C=O) groups excluding carboxylic acids is 1. The van der Waals surface area contributed by atoms with Crippen molar-refractivity contribution in [2.45, 2.75) is 39.2 Å². The van der Waals surface area contributed by atoms with E-state index in [-0.39, 0.29) is 5.91 Å². The molecule has 5 nitrogen and oxygen atoms in total. The van der Waals surface area contributed by atoms with Crippen molar-refractivity contribution in [3.8, 4) is 5.75 Å². The normalized spacial score (nSPS) is 14.2. The number of unbranched alkanes of at least 4 members (excludes halogenated alkanes) is 1. The standard InChI is InChI=1S/C19H25N3O2S/c1-14-6-5-7-15(12-14)24-11-4-3-8-18(23)21-19-20-16-9-10-22(2)13-17(16)25-19/h5-7,12H,3-4,8-11,13H2,1-2H3,(H,20,21,23). The SMILES string of the molecule is Cc1cccc(OCCCCC(=O)Nc2nc3c(s2)CN(C)CC3)c1. The van der Waals surface area contributed by atoms with Gasteiger partial charge in [0.25, 0.3) is 0 Å². The van der Waals surface area contributed by atoms with E-state index in [1.807, 2.05) is 31.2 Å². The van der Waals surface area contributed by atoms with E-state index in [1.165, 1.54) is 10.4 Å². The molecule has 2 heterocycles. The van der Waals surface area contributed by atoms with Crippen molar-refractivity contribution in [1.82, 2.24) is 9.88 Å². The lowest BCUT2D eigenvalue weighted by Gasteiger charge is -2.20. The van der Waals surface area contributed by atoms with Crippen molar-refractivity contribution in [3.05, 3.63) is 40.4 Å². The van der Waals surface area contributed by atoms with E-state index in [9.17, 15) is 4.79 Å². The van der Waals surface area contributed by atoms with Crippen LogP contribution in [0.2, 0.25) is 0 Å². The van der Waals surface area contributed by atoms with Crippen LogP contribution in [0.5, 0.6) is 5.75 Å². The zero-order valence-electron chi connectivity index (χ0n) is 14.9. The summed E-state index contributed by atoms with van der Waals surface area (Å²) in [6, 6.07) is 8.02. The molecule has 0 atom stereocenters. The van der Waals surface area contributed by atoms with Crippen molar-refractivity contribution in [1.29, 1.82) is 0 Å². The minimum Gasteiger partial charge on any atom is -0.494 e. The molecule has 0 saturated heterocycles. The Kier molecular flexibility index (Phi) is 6.04. The Morgan fingerprint density at radius 2 is 2.28 bits per heavy atom. The molecule has 1 amide bonds. The van der Waals surface area contributed by atoms with E-state index in [4.69, 9.17) is 4.74 Å². The lowest BCUT2D eigenvalue weighted by atomic mass is 10.2. The fraction of sp³-hybridized carbons (Fsp3) is 0.474. The number of carbonyl (C=O) groups is 1. The van der Waals surface area contributed by atoms with Gasteiger partial charge in [-0.05, 0) is 44.5 Å². The predicted molar refractivity (Wildman–Crippen MR) is 101 cm³/mol. The highest BCUT2D eigenvalue weighted by atomic mass is 32.1. The molecule has 0 unspecified atom stereocenters. The van der Waals surface area contributed by atoms with Crippen molar-refractivity contribution in [3.63, 3.8) is 0 Å². The number of amides is 1. The topological polar surface area (TPSA) is 54.5 Å². The molecule has 0 radical (unpaired) electrons. The molecule has 2 aromatic rings. The van der Waals surface area contributed by atoms with Crippen LogP contribution in [0.1, 0.15) is 35.4 Å². The third-order valence-electron chi connectivity index (χ3n) is 4.22. The number of nitrogens with zero attached hydrogens (tertiary/aromatic N) is 2. The number of likely N-dealkylation sites (N-methyl/N-ethyl adjacent to an activating group) is 1. The van der Waals surface area contributed by atoms with Gasteiger partial charge in [-0.15, -0.1) is 11.3 Å². The molecular formula is C19H25N3O2S. The van der Waals surface area contributed by atoms with Gasteiger partial charge in [-0.2, -0.15) is 0 Å². The molecule has 134 valence electrons. The molecule has 1 aliphatic heterocycles. The maximum absolute atomic E-state index is 12.1. The third-order valence-corrected chi connectivity index (χ3v) is 5.22. The summed E-state index contributed by atoms with van der Waals surface area (Å²) in [5.74, 6) is 0.929. The van der Waals surface area contributed by atoms with Gasteiger partial charge in [0.2, 0.25) is 5.91 Å². The Balaban J connectivity index is 1.36. The minimum absolute atomic E-state index is 0.0370. The molecule has 0 spiro atoms. The van der Waals surface area contributed by atoms with Gasteiger partial charge in [-0.1, -0.05) is 12.1 Å². The highest BCUT2D eigenvalue weighted by Crippen LogP contribution is 2.27. The number of ether oxygens (including phenoxy) is 1. The molecule has 6 heteroatoms. The van der Waals surface area contributed by atoms with E-state index in [0.29, 0.717) is 13.0 Å². The quantitative estimate of drug-likeness (QED) is 0.767. The van der Waals surface area contributed by atoms with E-state index in [2.05, 4.69) is 22.2 Å². The van der Waals surface area contributed by atoms with Gasteiger partial charge < -0.3 is 15.0 Å². The first-order valence-electron chi connectivity index (χ1n) is 8.76. The molecule has 1 N–H and O–H groups in total. The number of aryl methyl sites for hydroxylation is 1. The summed E-state index contributed by atoms with van der Waals surface area (Å²) in [6.07, 6.45) is 3.14. The van der Waals surface area contributed by atoms with E-state index in [1.54, 1.807) is 11.3 Å². The number of hydrogen-bond acceptors (Lipinski definition) is 5. The molecule has 0 aliphatic carbocycles. The van der Waals surface area contributed by atoms with Crippen LogP contribution in [-0.4, -0.2) is 36.0 Å². The summed E-state index contributed by atoms with van der Waals surface area (Å²) < 4.78 is 5.71.